The van der Waals surface area contributed by atoms with E-state index in [1.165, 1.54) is 4.57 Å². The fourth-order valence-corrected chi connectivity index (χ4v) is 2.50. The highest BCUT2D eigenvalue weighted by molar-refractivity contribution is 6.30. The molecule has 1 aromatic heterocycles. The highest BCUT2D eigenvalue weighted by Gasteiger charge is 2.08. The number of fused-ring (bicyclic) bond motifs is 1. The third-order valence-electron chi connectivity index (χ3n) is 3.51. The van der Waals surface area contributed by atoms with Crippen LogP contribution in [0, 0.1) is 0 Å². The Morgan fingerprint density at radius 2 is 1.83 bits per heavy atom. The van der Waals surface area contributed by atoms with Crippen molar-refractivity contribution in [1.29, 1.82) is 0 Å². The zero-order valence-corrected chi connectivity index (χ0v) is 13.1. The van der Waals surface area contributed by atoms with Crippen molar-refractivity contribution in [3.63, 3.8) is 0 Å². The maximum absolute atomic E-state index is 12.6. The summed E-state index contributed by atoms with van der Waals surface area (Å²) in [7, 11) is 0. The summed E-state index contributed by atoms with van der Waals surface area (Å²) in [6, 6.07) is 14.6. The summed E-state index contributed by atoms with van der Waals surface area (Å²) in [6.45, 7) is 0.0820. The monoisotopic (exact) mass is 326 g/mol. The Morgan fingerprint density at radius 1 is 1.09 bits per heavy atom. The molecule has 0 bridgehead atoms. The van der Waals surface area contributed by atoms with E-state index in [1.54, 1.807) is 36.4 Å². The smallest absolute Gasteiger partial charge is 0.261 e. The van der Waals surface area contributed by atoms with Gasteiger partial charge in [-0.15, -0.1) is 0 Å². The van der Waals surface area contributed by atoms with Gasteiger partial charge in [0.15, 0.2) is 0 Å². The standard InChI is InChI=1S/C18H15ClN2O2/c19-14-8-5-13(6-9-14)7-10-17-20-16-4-2-1-3-15(16)18(23)21(17)11-12-22/h1-10,22H,11-12H2/b10-7+. The summed E-state index contributed by atoms with van der Waals surface area (Å²) in [6.07, 6.45) is 3.63. The predicted molar refractivity (Wildman–Crippen MR) is 93.5 cm³/mol. The number of rotatable bonds is 4. The van der Waals surface area contributed by atoms with Crippen LogP contribution < -0.4 is 5.56 Å². The lowest BCUT2D eigenvalue weighted by atomic mass is 10.2. The molecule has 3 aromatic rings. The Kier molecular flexibility index (Phi) is 4.55. The van der Waals surface area contributed by atoms with Crippen LogP contribution in [0.5, 0.6) is 0 Å². The number of nitrogens with zero attached hydrogens (tertiary/aromatic N) is 2. The quantitative estimate of drug-likeness (QED) is 0.801. The maximum atomic E-state index is 12.6. The first-order chi connectivity index (χ1) is 11.2. The first kappa shape index (κ1) is 15.5. The Labute approximate surface area is 138 Å². The Balaban J connectivity index is 2.09. The lowest BCUT2D eigenvalue weighted by Crippen LogP contribution is -2.25. The number of aromatic nitrogens is 2. The van der Waals surface area contributed by atoms with Gasteiger partial charge in [0, 0.05) is 5.02 Å². The van der Waals surface area contributed by atoms with Gasteiger partial charge in [0.25, 0.3) is 5.56 Å². The second-order valence-electron chi connectivity index (χ2n) is 5.05. The van der Waals surface area contributed by atoms with Crippen LogP contribution in [0.25, 0.3) is 23.1 Å². The molecule has 0 amide bonds. The molecule has 0 unspecified atom stereocenters. The molecule has 0 saturated carbocycles. The second-order valence-corrected chi connectivity index (χ2v) is 5.49. The molecule has 0 aliphatic rings. The van der Waals surface area contributed by atoms with Gasteiger partial charge in [0.05, 0.1) is 24.1 Å². The van der Waals surface area contributed by atoms with E-state index < -0.39 is 0 Å². The molecule has 1 heterocycles. The van der Waals surface area contributed by atoms with Gasteiger partial charge in [-0.3, -0.25) is 9.36 Å². The van der Waals surface area contributed by atoms with Gasteiger partial charge < -0.3 is 5.11 Å². The normalized spacial score (nSPS) is 11.4. The minimum absolute atomic E-state index is 0.123. The predicted octanol–water partition coefficient (Wildman–Crippen LogP) is 3.21. The summed E-state index contributed by atoms with van der Waals surface area (Å²) >= 11 is 5.87. The summed E-state index contributed by atoms with van der Waals surface area (Å²) in [5.41, 5.74) is 1.44. The molecule has 0 spiro atoms. The van der Waals surface area contributed by atoms with Gasteiger partial charge in [0.2, 0.25) is 0 Å². The van der Waals surface area contributed by atoms with E-state index in [2.05, 4.69) is 4.98 Å². The largest absolute Gasteiger partial charge is 0.395 e. The highest BCUT2D eigenvalue weighted by Crippen LogP contribution is 2.13. The van der Waals surface area contributed by atoms with E-state index in [1.807, 2.05) is 24.3 Å². The molecule has 2 aromatic carbocycles. The fourth-order valence-electron chi connectivity index (χ4n) is 2.37. The molecular formula is C18H15ClN2O2. The SMILES string of the molecule is O=c1c2ccccc2nc(/C=C/c2ccc(Cl)cc2)n1CCO. The van der Waals surface area contributed by atoms with E-state index in [-0.39, 0.29) is 18.7 Å². The van der Waals surface area contributed by atoms with Gasteiger partial charge >= 0.3 is 0 Å². The molecule has 0 aliphatic heterocycles. The van der Waals surface area contributed by atoms with Crippen LogP contribution in [0.15, 0.2) is 53.3 Å². The minimum Gasteiger partial charge on any atom is -0.395 e. The zero-order chi connectivity index (χ0) is 16.2. The molecule has 4 nitrogen and oxygen atoms in total. The van der Waals surface area contributed by atoms with Crippen LogP contribution in [0.2, 0.25) is 5.02 Å². The Morgan fingerprint density at radius 3 is 2.57 bits per heavy atom. The van der Waals surface area contributed by atoms with E-state index in [0.29, 0.717) is 21.7 Å². The molecule has 1 N–H and O–H groups in total. The lowest BCUT2D eigenvalue weighted by molar-refractivity contribution is 0.273. The molecule has 0 fully saturated rings. The molecule has 0 saturated heterocycles. The van der Waals surface area contributed by atoms with E-state index in [9.17, 15) is 9.90 Å². The van der Waals surface area contributed by atoms with Crippen molar-refractivity contribution >= 4 is 34.7 Å². The van der Waals surface area contributed by atoms with E-state index >= 15 is 0 Å². The maximum Gasteiger partial charge on any atom is 0.261 e. The van der Waals surface area contributed by atoms with Crippen LogP contribution in [0.1, 0.15) is 11.4 Å². The molecule has 0 aliphatic carbocycles. The Hall–Kier alpha value is -2.43. The summed E-state index contributed by atoms with van der Waals surface area (Å²) in [5, 5.41) is 10.4. The molecule has 0 radical (unpaired) electrons. The Bertz CT molecular complexity index is 914. The van der Waals surface area contributed by atoms with Gasteiger partial charge in [-0.1, -0.05) is 41.9 Å². The van der Waals surface area contributed by atoms with Crippen molar-refractivity contribution in [3.8, 4) is 0 Å². The minimum atomic E-state index is -0.152. The topological polar surface area (TPSA) is 55.1 Å². The number of hydrogen-bond acceptors (Lipinski definition) is 3. The third-order valence-corrected chi connectivity index (χ3v) is 3.76. The number of hydrogen-bond donors (Lipinski definition) is 1. The van der Waals surface area contributed by atoms with Crippen LogP contribution in [0.3, 0.4) is 0 Å². The highest BCUT2D eigenvalue weighted by atomic mass is 35.5. The second kappa shape index (κ2) is 6.77. The van der Waals surface area contributed by atoms with Gasteiger partial charge in [-0.05, 0) is 35.9 Å². The molecular weight excluding hydrogens is 312 g/mol. The molecule has 116 valence electrons. The van der Waals surface area contributed by atoms with Crippen molar-refractivity contribution in [2.45, 2.75) is 6.54 Å². The van der Waals surface area contributed by atoms with Gasteiger partial charge in [0.1, 0.15) is 5.82 Å². The fraction of sp³-hybridized carbons (Fsp3) is 0.111. The van der Waals surface area contributed by atoms with Crippen LogP contribution in [-0.2, 0) is 6.54 Å². The van der Waals surface area contributed by atoms with Crippen LogP contribution in [0.4, 0.5) is 0 Å². The lowest BCUT2D eigenvalue weighted by Gasteiger charge is -2.09. The molecule has 23 heavy (non-hydrogen) atoms. The van der Waals surface area contributed by atoms with Crippen LogP contribution in [-0.4, -0.2) is 21.3 Å². The number of aliphatic hydroxyl groups is 1. The van der Waals surface area contributed by atoms with Gasteiger partial charge in [-0.2, -0.15) is 0 Å². The third kappa shape index (κ3) is 3.33. The van der Waals surface area contributed by atoms with Crippen molar-refractivity contribution in [2.75, 3.05) is 6.61 Å². The number of benzene rings is 2. The van der Waals surface area contributed by atoms with Crippen molar-refractivity contribution in [2.24, 2.45) is 0 Å². The summed E-state index contributed by atoms with van der Waals surface area (Å²) in [4.78, 5) is 17.1. The number of halogens is 1. The van der Waals surface area contributed by atoms with E-state index in [4.69, 9.17) is 11.6 Å². The molecule has 5 heteroatoms. The van der Waals surface area contributed by atoms with Gasteiger partial charge in [-0.25, -0.2) is 4.98 Å². The summed E-state index contributed by atoms with van der Waals surface area (Å²) in [5.74, 6) is 0.512. The summed E-state index contributed by atoms with van der Waals surface area (Å²) < 4.78 is 1.48. The number of aliphatic hydroxyl groups excluding tert-OH is 1. The van der Waals surface area contributed by atoms with Crippen molar-refractivity contribution in [3.05, 3.63) is 75.3 Å². The zero-order valence-electron chi connectivity index (χ0n) is 12.3. The van der Waals surface area contributed by atoms with Crippen molar-refractivity contribution < 1.29 is 5.11 Å². The van der Waals surface area contributed by atoms with Crippen molar-refractivity contribution in [1.82, 2.24) is 9.55 Å². The average molecular weight is 327 g/mol. The molecule has 0 atom stereocenters. The van der Waals surface area contributed by atoms with Crippen LogP contribution >= 0.6 is 11.6 Å². The first-order valence-electron chi connectivity index (χ1n) is 7.23. The van der Waals surface area contributed by atoms with E-state index in [0.717, 1.165) is 5.56 Å². The number of para-hydroxylation sites is 1. The molecule has 3 rings (SSSR count). The average Bonchev–Trinajstić information content (AvgIpc) is 2.57. The first-order valence-corrected chi connectivity index (χ1v) is 7.61.